The third kappa shape index (κ3) is 5.09. The smallest absolute Gasteiger partial charge is 0.315 e. The van der Waals surface area contributed by atoms with Gasteiger partial charge in [-0.25, -0.2) is 9.78 Å². The third-order valence-electron chi connectivity index (χ3n) is 2.93. The Morgan fingerprint density at radius 3 is 2.68 bits per heavy atom. The maximum atomic E-state index is 11.7. The van der Waals surface area contributed by atoms with Crippen LogP contribution in [0.25, 0.3) is 0 Å². The fraction of sp³-hybridized carbons (Fsp3) is 0.200. The van der Waals surface area contributed by atoms with E-state index in [1.807, 2.05) is 18.2 Å². The molecule has 2 amide bonds. The maximum absolute atomic E-state index is 11.7. The first kappa shape index (κ1) is 16.4. The van der Waals surface area contributed by atoms with Crippen molar-refractivity contribution in [1.29, 1.82) is 0 Å². The van der Waals surface area contributed by atoms with Crippen LogP contribution in [-0.2, 0) is 13.0 Å². The first-order valence-electron chi connectivity index (χ1n) is 6.71. The molecule has 0 spiro atoms. The van der Waals surface area contributed by atoms with E-state index in [2.05, 4.69) is 15.6 Å². The van der Waals surface area contributed by atoms with Crippen molar-refractivity contribution < 1.29 is 4.79 Å². The molecule has 4 N–H and O–H groups in total. The number of urea groups is 1. The number of aromatic nitrogens is 1. The molecule has 22 heavy (non-hydrogen) atoms. The van der Waals surface area contributed by atoms with Crippen LogP contribution >= 0.6 is 23.2 Å². The number of halogens is 2. The topological polar surface area (TPSA) is 80.0 Å². The van der Waals surface area contributed by atoms with E-state index in [9.17, 15) is 4.79 Å². The van der Waals surface area contributed by atoms with E-state index in [4.69, 9.17) is 28.9 Å². The molecule has 1 heterocycles. The Balaban J connectivity index is 1.72. The third-order valence-corrected chi connectivity index (χ3v) is 3.67. The van der Waals surface area contributed by atoms with E-state index >= 15 is 0 Å². The van der Waals surface area contributed by atoms with E-state index in [0.717, 1.165) is 11.3 Å². The van der Waals surface area contributed by atoms with Crippen LogP contribution in [0.3, 0.4) is 0 Å². The van der Waals surface area contributed by atoms with Gasteiger partial charge in [-0.1, -0.05) is 35.3 Å². The number of anilines is 1. The highest BCUT2D eigenvalue weighted by molar-refractivity contribution is 6.42. The summed E-state index contributed by atoms with van der Waals surface area (Å²) in [6.07, 6.45) is 0.616. The van der Waals surface area contributed by atoms with Gasteiger partial charge in [0.1, 0.15) is 5.82 Å². The van der Waals surface area contributed by atoms with Crippen molar-refractivity contribution in [2.75, 3.05) is 12.3 Å². The molecule has 0 fully saturated rings. The number of rotatable bonds is 5. The number of hydrogen-bond acceptors (Lipinski definition) is 3. The fourth-order valence-electron chi connectivity index (χ4n) is 1.84. The first-order chi connectivity index (χ1) is 10.5. The van der Waals surface area contributed by atoms with Gasteiger partial charge in [0.15, 0.2) is 0 Å². The van der Waals surface area contributed by atoms with Gasteiger partial charge in [0.25, 0.3) is 0 Å². The lowest BCUT2D eigenvalue weighted by Gasteiger charge is -2.08. The summed E-state index contributed by atoms with van der Waals surface area (Å²) in [5.41, 5.74) is 7.31. The normalized spacial score (nSPS) is 10.3. The lowest BCUT2D eigenvalue weighted by molar-refractivity contribution is 0.240. The van der Waals surface area contributed by atoms with Gasteiger partial charge in [0.05, 0.1) is 10.0 Å². The average molecular weight is 339 g/mol. The zero-order chi connectivity index (χ0) is 15.9. The molecule has 0 saturated heterocycles. The Morgan fingerprint density at radius 1 is 1.14 bits per heavy atom. The van der Waals surface area contributed by atoms with Crippen molar-refractivity contribution in [3.05, 3.63) is 57.7 Å². The Labute approximate surface area is 138 Å². The minimum absolute atomic E-state index is 0.255. The number of pyridine rings is 1. The van der Waals surface area contributed by atoms with Crippen molar-refractivity contribution in [3.8, 4) is 0 Å². The number of nitrogens with zero attached hydrogens (tertiary/aromatic N) is 1. The molecule has 0 bridgehead atoms. The fourth-order valence-corrected chi connectivity index (χ4v) is 2.16. The Hall–Kier alpha value is -1.98. The summed E-state index contributed by atoms with van der Waals surface area (Å²) < 4.78 is 0. The second-order valence-corrected chi connectivity index (χ2v) is 5.48. The molecule has 1 aromatic carbocycles. The largest absolute Gasteiger partial charge is 0.384 e. The molecular formula is C15H16Cl2N4O. The number of nitrogens with one attached hydrogen (secondary N) is 2. The molecule has 0 aliphatic heterocycles. The van der Waals surface area contributed by atoms with Crippen LogP contribution in [0.4, 0.5) is 10.6 Å². The highest BCUT2D eigenvalue weighted by Gasteiger charge is 2.03. The summed E-state index contributed by atoms with van der Waals surface area (Å²) in [7, 11) is 0. The Morgan fingerprint density at radius 2 is 1.95 bits per heavy atom. The zero-order valence-electron chi connectivity index (χ0n) is 11.8. The van der Waals surface area contributed by atoms with Crippen LogP contribution in [0.5, 0.6) is 0 Å². The van der Waals surface area contributed by atoms with Gasteiger partial charge in [-0.2, -0.15) is 0 Å². The van der Waals surface area contributed by atoms with Gasteiger partial charge >= 0.3 is 6.03 Å². The Bertz CT molecular complexity index is 664. The van der Waals surface area contributed by atoms with Crippen LogP contribution in [0.2, 0.25) is 10.0 Å². The number of nitrogens with two attached hydrogens (primary N) is 1. The molecule has 2 rings (SSSR count). The summed E-state index contributed by atoms with van der Waals surface area (Å²) in [5.74, 6) is 0.474. The monoisotopic (exact) mass is 338 g/mol. The van der Waals surface area contributed by atoms with Crippen LogP contribution in [0.15, 0.2) is 36.4 Å². The summed E-state index contributed by atoms with van der Waals surface area (Å²) in [5, 5.41) is 6.46. The molecule has 0 unspecified atom stereocenters. The van der Waals surface area contributed by atoms with Gasteiger partial charge in [0.2, 0.25) is 0 Å². The van der Waals surface area contributed by atoms with Crippen LogP contribution < -0.4 is 16.4 Å². The molecule has 1 aromatic heterocycles. The van der Waals surface area contributed by atoms with E-state index in [0.29, 0.717) is 35.4 Å². The molecule has 116 valence electrons. The number of hydrogen-bond donors (Lipinski definition) is 3. The van der Waals surface area contributed by atoms with Crippen molar-refractivity contribution in [3.63, 3.8) is 0 Å². The van der Waals surface area contributed by atoms with Crippen molar-refractivity contribution in [2.45, 2.75) is 13.0 Å². The minimum atomic E-state index is -0.255. The van der Waals surface area contributed by atoms with Gasteiger partial charge in [-0.05, 0) is 29.8 Å². The lowest BCUT2D eigenvalue weighted by Crippen LogP contribution is -2.36. The van der Waals surface area contributed by atoms with E-state index in [1.54, 1.807) is 18.2 Å². The first-order valence-corrected chi connectivity index (χ1v) is 7.47. The quantitative estimate of drug-likeness (QED) is 0.783. The van der Waals surface area contributed by atoms with E-state index < -0.39 is 0 Å². The molecule has 2 aromatic rings. The number of carbonyl (C=O) groups is 1. The molecule has 0 radical (unpaired) electrons. The van der Waals surface area contributed by atoms with E-state index in [-0.39, 0.29) is 6.03 Å². The van der Waals surface area contributed by atoms with Crippen LogP contribution in [0, 0.1) is 0 Å². The number of carbonyl (C=O) groups excluding carboxylic acids is 1. The molecule has 7 heteroatoms. The highest BCUT2D eigenvalue weighted by Crippen LogP contribution is 2.22. The van der Waals surface area contributed by atoms with Gasteiger partial charge in [0, 0.05) is 25.2 Å². The molecule has 0 aliphatic carbocycles. The summed E-state index contributed by atoms with van der Waals surface area (Å²) in [4.78, 5) is 15.9. The van der Waals surface area contributed by atoms with Gasteiger partial charge in [-0.3, -0.25) is 0 Å². The van der Waals surface area contributed by atoms with Crippen LogP contribution in [-0.4, -0.2) is 17.6 Å². The van der Waals surface area contributed by atoms with Gasteiger partial charge < -0.3 is 16.4 Å². The van der Waals surface area contributed by atoms with Crippen molar-refractivity contribution in [1.82, 2.24) is 15.6 Å². The van der Waals surface area contributed by atoms with Gasteiger partial charge in [-0.15, -0.1) is 0 Å². The maximum Gasteiger partial charge on any atom is 0.315 e. The number of amides is 2. The molecular weight excluding hydrogens is 323 g/mol. The summed E-state index contributed by atoms with van der Waals surface area (Å²) >= 11 is 11.8. The second kappa shape index (κ2) is 7.87. The average Bonchev–Trinajstić information content (AvgIpc) is 2.48. The SMILES string of the molecule is Nc1cccc(CCNC(=O)NCc2ccc(Cl)c(Cl)c2)n1. The van der Waals surface area contributed by atoms with Crippen LogP contribution in [0.1, 0.15) is 11.3 Å². The number of benzene rings is 1. The van der Waals surface area contributed by atoms with E-state index in [1.165, 1.54) is 0 Å². The number of nitrogen functional groups attached to an aromatic ring is 1. The molecule has 0 atom stereocenters. The standard InChI is InChI=1S/C15H16Cl2N4O/c16-12-5-4-10(8-13(12)17)9-20-15(22)19-7-6-11-2-1-3-14(18)21-11/h1-5,8H,6-7,9H2,(H2,18,21)(H2,19,20,22). The predicted octanol–water partition coefficient (Wildman–Crippen LogP) is 3.01. The van der Waals surface area contributed by atoms with Crippen molar-refractivity contribution >= 4 is 35.1 Å². The molecule has 5 nitrogen and oxygen atoms in total. The summed E-state index contributed by atoms with van der Waals surface area (Å²) in [6.45, 7) is 0.850. The zero-order valence-corrected chi connectivity index (χ0v) is 13.3. The molecule has 0 saturated carbocycles. The van der Waals surface area contributed by atoms with Crippen molar-refractivity contribution in [2.24, 2.45) is 0 Å². The highest BCUT2D eigenvalue weighted by atomic mass is 35.5. The Kier molecular flexibility index (Phi) is 5.86. The second-order valence-electron chi connectivity index (χ2n) is 4.66. The lowest BCUT2D eigenvalue weighted by atomic mass is 10.2. The molecule has 0 aliphatic rings. The minimum Gasteiger partial charge on any atom is -0.384 e. The predicted molar refractivity (Wildman–Crippen MR) is 89.1 cm³/mol. The summed E-state index contributed by atoms with van der Waals surface area (Å²) in [6, 6.07) is 10.4.